The molecule has 1 atom stereocenters. The number of benzene rings is 1. The summed E-state index contributed by atoms with van der Waals surface area (Å²) in [5, 5.41) is 13.9. The summed E-state index contributed by atoms with van der Waals surface area (Å²) in [5.41, 5.74) is 1.07. The molecule has 2 N–H and O–H groups in total. The number of carbonyl (C=O) groups excluding carboxylic acids is 1. The van der Waals surface area contributed by atoms with E-state index in [-0.39, 0.29) is 18.3 Å². The molecule has 0 saturated carbocycles. The molecule has 32 heavy (non-hydrogen) atoms. The van der Waals surface area contributed by atoms with Gasteiger partial charge in [-0.05, 0) is 50.5 Å². The molecule has 0 bridgehead atoms. The molecule has 1 aromatic carbocycles. The van der Waals surface area contributed by atoms with Crippen LogP contribution in [-0.4, -0.2) is 50.8 Å². The number of halogens is 1. The van der Waals surface area contributed by atoms with E-state index in [0.717, 1.165) is 42.8 Å². The zero-order valence-corrected chi connectivity index (χ0v) is 18.4. The van der Waals surface area contributed by atoms with E-state index in [2.05, 4.69) is 27.9 Å². The number of piperidine rings is 1. The van der Waals surface area contributed by atoms with Gasteiger partial charge < -0.3 is 19.9 Å². The lowest BCUT2D eigenvalue weighted by molar-refractivity contribution is -0.122. The molecule has 7 nitrogen and oxygen atoms in total. The summed E-state index contributed by atoms with van der Waals surface area (Å²) < 4.78 is 15.3. The van der Waals surface area contributed by atoms with Crippen LogP contribution in [0.4, 0.5) is 10.2 Å². The number of para-hydroxylation sites is 2. The molecule has 1 aliphatic heterocycles. The van der Waals surface area contributed by atoms with Gasteiger partial charge in [-0.25, -0.2) is 14.4 Å². The Morgan fingerprint density at radius 3 is 2.91 bits per heavy atom. The van der Waals surface area contributed by atoms with Crippen molar-refractivity contribution < 1.29 is 14.3 Å². The smallest absolute Gasteiger partial charge is 0.220 e. The van der Waals surface area contributed by atoms with E-state index in [1.54, 1.807) is 6.07 Å². The molecule has 1 amide bonds. The summed E-state index contributed by atoms with van der Waals surface area (Å²) in [5.74, 6) is 1.17. The van der Waals surface area contributed by atoms with Crippen LogP contribution in [0.2, 0.25) is 0 Å². The Morgan fingerprint density at radius 1 is 1.28 bits per heavy atom. The van der Waals surface area contributed by atoms with Gasteiger partial charge in [0.2, 0.25) is 5.91 Å². The third-order valence-electron chi connectivity index (χ3n) is 6.06. The van der Waals surface area contributed by atoms with Crippen molar-refractivity contribution >= 4 is 22.8 Å². The van der Waals surface area contributed by atoms with Crippen LogP contribution in [0.5, 0.6) is 0 Å². The fraction of sp³-hybridized carbons (Fsp3) is 0.458. The molecule has 170 valence electrons. The number of rotatable bonds is 8. The lowest BCUT2D eigenvalue weighted by atomic mass is 9.92. The van der Waals surface area contributed by atoms with Crippen molar-refractivity contribution in [1.82, 2.24) is 19.9 Å². The van der Waals surface area contributed by atoms with E-state index >= 15 is 0 Å². The number of hydrogen-bond acceptors (Lipinski definition) is 5. The molecule has 1 saturated heterocycles. The molecular weight excluding hydrogens is 409 g/mol. The second-order valence-electron chi connectivity index (χ2n) is 8.48. The Bertz CT molecular complexity index is 1070. The van der Waals surface area contributed by atoms with E-state index in [1.807, 2.05) is 23.1 Å². The van der Waals surface area contributed by atoms with Crippen LogP contribution < -0.4 is 10.2 Å². The number of imidazole rings is 1. The largest absolute Gasteiger partial charge is 0.386 e. The summed E-state index contributed by atoms with van der Waals surface area (Å²) in [4.78, 5) is 23.2. The third kappa shape index (κ3) is 5.07. The average Bonchev–Trinajstić information content (AvgIpc) is 3.15. The fourth-order valence-electron chi connectivity index (χ4n) is 4.43. The van der Waals surface area contributed by atoms with Crippen molar-refractivity contribution in [2.75, 3.05) is 24.5 Å². The van der Waals surface area contributed by atoms with Gasteiger partial charge in [0.15, 0.2) is 0 Å². The number of aromatic nitrogens is 3. The summed E-state index contributed by atoms with van der Waals surface area (Å²) in [6.07, 6.45) is 4.36. The monoisotopic (exact) mass is 439 g/mol. The first-order valence-corrected chi connectivity index (χ1v) is 11.3. The van der Waals surface area contributed by atoms with Gasteiger partial charge >= 0.3 is 0 Å². The number of carbonyl (C=O) groups is 1. The number of anilines is 1. The minimum Gasteiger partial charge on any atom is -0.386 e. The van der Waals surface area contributed by atoms with E-state index < -0.39 is 5.60 Å². The van der Waals surface area contributed by atoms with Crippen molar-refractivity contribution in [1.29, 1.82) is 0 Å². The van der Waals surface area contributed by atoms with Crippen LogP contribution in [-0.2, 0) is 17.8 Å². The SMILES string of the molecule is CCn1c(CCCC(=O)NCC2(O)CCCN(c3ccc(F)cn3)C2)nc2ccccc21. The van der Waals surface area contributed by atoms with Gasteiger partial charge in [0, 0.05) is 39.0 Å². The van der Waals surface area contributed by atoms with Crippen LogP contribution in [0.1, 0.15) is 38.4 Å². The van der Waals surface area contributed by atoms with E-state index in [0.29, 0.717) is 31.6 Å². The first-order chi connectivity index (χ1) is 15.5. The molecule has 4 rings (SSSR count). The second kappa shape index (κ2) is 9.65. The molecule has 3 heterocycles. The average molecular weight is 440 g/mol. The van der Waals surface area contributed by atoms with Gasteiger partial charge in [0.25, 0.3) is 0 Å². The summed E-state index contributed by atoms with van der Waals surface area (Å²) in [7, 11) is 0. The first kappa shape index (κ1) is 22.2. The number of nitrogens with one attached hydrogen (secondary N) is 1. The van der Waals surface area contributed by atoms with Gasteiger partial charge in [0.1, 0.15) is 17.5 Å². The summed E-state index contributed by atoms with van der Waals surface area (Å²) in [6.45, 7) is 4.23. The number of amides is 1. The number of fused-ring (bicyclic) bond motifs is 1. The van der Waals surface area contributed by atoms with Gasteiger partial charge in [0.05, 0.1) is 22.8 Å². The fourth-order valence-corrected chi connectivity index (χ4v) is 4.43. The molecule has 2 aromatic heterocycles. The van der Waals surface area contributed by atoms with Crippen LogP contribution in [0.25, 0.3) is 11.0 Å². The summed E-state index contributed by atoms with van der Waals surface area (Å²) in [6, 6.07) is 11.0. The van der Waals surface area contributed by atoms with Gasteiger partial charge in [-0.2, -0.15) is 0 Å². The van der Waals surface area contributed by atoms with Crippen LogP contribution >= 0.6 is 0 Å². The number of aryl methyl sites for hydroxylation is 2. The minimum absolute atomic E-state index is 0.0744. The van der Waals surface area contributed by atoms with Crippen LogP contribution in [0, 0.1) is 5.82 Å². The van der Waals surface area contributed by atoms with Crippen LogP contribution in [0.3, 0.4) is 0 Å². The third-order valence-corrected chi connectivity index (χ3v) is 6.06. The minimum atomic E-state index is -1.03. The molecule has 3 aromatic rings. The van der Waals surface area contributed by atoms with Gasteiger partial charge in [-0.1, -0.05) is 12.1 Å². The maximum atomic E-state index is 13.1. The molecule has 1 fully saturated rings. The maximum absolute atomic E-state index is 13.1. The topological polar surface area (TPSA) is 83.3 Å². The number of β-amino-alcohol motifs (C(OH)–C–C–N with tert-alkyl or cyclic N) is 1. The molecule has 0 radical (unpaired) electrons. The highest BCUT2D eigenvalue weighted by Crippen LogP contribution is 2.24. The first-order valence-electron chi connectivity index (χ1n) is 11.3. The van der Waals surface area contributed by atoms with Gasteiger partial charge in [-0.15, -0.1) is 0 Å². The zero-order chi connectivity index (χ0) is 22.6. The number of pyridine rings is 1. The highest BCUT2D eigenvalue weighted by molar-refractivity contribution is 5.76. The lowest BCUT2D eigenvalue weighted by Crippen LogP contribution is -2.54. The Hall–Kier alpha value is -3.00. The Balaban J connectivity index is 1.27. The molecule has 0 aliphatic carbocycles. The number of nitrogens with zero attached hydrogens (tertiary/aromatic N) is 4. The van der Waals surface area contributed by atoms with E-state index in [9.17, 15) is 14.3 Å². The molecule has 1 aliphatic rings. The zero-order valence-electron chi connectivity index (χ0n) is 18.4. The quantitative estimate of drug-likeness (QED) is 0.564. The molecular formula is C24H30FN5O2. The summed E-state index contributed by atoms with van der Waals surface area (Å²) >= 11 is 0. The van der Waals surface area contributed by atoms with Crippen molar-refractivity contribution in [3.05, 3.63) is 54.2 Å². The standard InChI is InChI=1S/C24H30FN5O2/c1-2-30-20-8-4-3-7-19(20)28-22(30)9-5-10-23(31)27-16-24(32)13-6-14-29(17-24)21-12-11-18(25)15-26-21/h3-4,7-8,11-12,15,32H,2,5-6,9-10,13-14,16-17H2,1H3,(H,27,31). The molecule has 0 spiro atoms. The lowest BCUT2D eigenvalue weighted by Gasteiger charge is -2.39. The predicted octanol–water partition coefficient (Wildman–Crippen LogP) is 3.06. The number of aliphatic hydroxyl groups is 1. The van der Waals surface area contributed by atoms with Crippen molar-refractivity contribution in [3.63, 3.8) is 0 Å². The van der Waals surface area contributed by atoms with Crippen molar-refractivity contribution in [2.45, 2.75) is 51.2 Å². The van der Waals surface area contributed by atoms with Crippen molar-refractivity contribution in [2.24, 2.45) is 0 Å². The number of hydrogen-bond donors (Lipinski definition) is 2. The Kier molecular flexibility index (Phi) is 6.69. The highest BCUT2D eigenvalue weighted by atomic mass is 19.1. The molecule has 8 heteroatoms. The van der Waals surface area contributed by atoms with Crippen molar-refractivity contribution in [3.8, 4) is 0 Å². The van der Waals surface area contributed by atoms with Crippen LogP contribution in [0.15, 0.2) is 42.6 Å². The Labute approximate surface area is 187 Å². The highest BCUT2D eigenvalue weighted by Gasteiger charge is 2.34. The van der Waals surface area contributed by atoms with E-state index in [1.165, 1.54) is 12.3 Å². The second-order valence-corrected chi connectivity index (χ2v) is 8.48. The van der Waals surface area contributed by atoms with Gasteiger partial charge in [-0.3, -0.25) is 4.79 Å². The maximum Gasteiger partial charge on any atom is 0.220 e. The molecule has 1 unspecified atom stereocenters. The normalized spacial score (nSPS) is 18.8. The predicted molar refractivity (Wildman–Crippen MR) is 122 cm³/mol. The Morgan fingerprint density at radius 2 is 2.12 bits per heavy atom. The van der Waals surface area contributed by atoms with E-state index in [4.69, 9.17) is 4.98 Å².